The molecule has 4 rings (SSSR count). The summed E-state index contributed by atoms with van der Waals surface area (Å²) >= 11 is 0. The summed E-state index contributed by atoms with van der Waals surface area (Å²) in [5.74, 6) is 0. The Hall–Kier alpha value is -1.89. The van der Waals surface area contributed by atoms with Gasteiger partial charge in [-0.3, -0.25) is 4.98 Å². The summed E-state index contributed by atoms with van der Waals surface area (Å²) in [6, 6.07) is 4.52. The molecule has 0 bridgehead atoms. The highest BCUT2D eigenvalue weighted by molar-refractivity contribution is 5.96. The monoisotopic (exact) mass is 219 g/mol. The Morgan fingerprint density at radius 2 is 1.88 bits per heavy atom. The lowest BCUT2D eigenvalue weighted by Gasteiger charge is -2.14. The van der Waals surface area contributed by atoms with E-state index in [4.69, 9.17) is 0 Å². The van der Waals surface area contributed by atoms with E-state index in [-0.39, 0.29) is 0 Å². The van der Waals surface area contributed by atoms with E-state index in [0.717, 1.165) is 19.3 Å². The van der Waals surface area contributed by atoms with E-state index in [1.165, 1.54) is 33.2 Å². The number of nitrogens with zero attached hydrogens (tertiary/aromatic N) is 1. The second kappa shape index (κ2) is 3.30. The van der Waals surface area contributed by atoms with Crippen molar-refractivity contribution in [3.8, 4) is 0 Å². The van der Waals surface area contributed by atoms with Crippen LogP contribution in [-0.2, 0) is 12.8 Å². The molecule has 2 aliphatic rings. The van der Waals surface area contributed by atoms with E-state index < -0.39 is 0 Å². The summed E-state index contributed by atoms with van der Waals surface area (Å²) in [7, 11) is 0. The third-order valence-electron chi connectivity index (χ3n) is 3.78. The fourth-order valence-corrected chi connectivity index (χ4v) is 2.90. The zero-order chi connectivity index (χ0) is 11.2. The summed E-state index contributed by atoms with van der Waals surface area (Å²) < 4.78 is 0. The first-order valence-electron chi connectivity index (χ1n) is 6.20. The molecule has 1 aromatic heterocycles. The molecule has 1 heteroatoms. The first-order valence-corrected chi connectivity index (χ1v) is 6.20. The van der Waals surface area contributed by atoms with Gasteiger partial charge in [0.05, 0.1) is 5.52 Å². The molecule has 0 atom stereocenters. The lowest BCUT2D eigenvalue weighted by molar-refractivity contribution is 0.988. The van der Waals surface area contributed by atoms with Crippen LogP contribution in [0.2, 0.25) is 0 Å². The van der Waals surface area contributed by atoms with Crippen molar-refractivity contribution in [3.05, 3.63) is 52.7 Å². The van der Waals surface area contributed by atoms with Crippen molar-refractivity contribution in [1.29, 1.82) is 0 Å². The van der Waals surface area contributed by atoms with E-state index >= 15 is 0 Å². The number of fused-ring (bicyclic) bond motifs is 5. The van der Waals surface area contributed by atoms with Crippen LogP contribution in [0.3, 0.4) is 0 Å². The molecule has 1 heterocycles. The van der Waals surface area contributed by atoms with Crippen LogP contribution in [0.4, 0.5) is 0 Å². The Balaban J connectivity index is 2.14. The molecule has 0 saturated carbocycles. The highest BCUT2D eigenvalue weighted by Gasteiger charge is 2.14. The molecule has 0 saturated heterocycles. The average molecular weight is 219 g/mol. The van der Waals surface area contributed by atoms with Crippen molar-refractivity contribution in [2.45, 2.75) is 19.3 Å². The molecule has 1 aromatic carbocycles. The SMILES string of the molecule is C1=Cc2c(ccc3c4c(cnc23)CC=C4)CC1. The largest absolute Gasteiger partial charge is 0.255 e. The molecular formula is C16H13N. The Morgan fingerprint density at radius 1 is 0.941 bits per heavy atom. The third kappa shape index (κ3) is 1.22. The van der Waals surface area contributed by atoms with Crippen molar-refractivity contribution in [2.24, 2.45) is 0 Å². The van der Waals surface area contributed by atoms with Gasteiger partial charge in [0.15, 0.2) is 0 Å². The molecule has 2 aromatic rings. The minimum absolute atomic E-state index is 1.03. The number of pyridine rings is 1. The number of aryl methyl sites for hydroxylation is 1. The number of hydrogen-bond acceptors (Lipinski definition) is 1. The maximum atomic E-state index is 4.67. The number of aromatic nitrogens is 1. The Kier molecular flexibility index (Phi) is 1.78. The topological polar surface area (TPSA) is 12.9 Å². The van der Waals surface area contributed by atoms with Crippen molar-refractivity contribution >= 4 is 23.1 Å². The standard InChI is InChI=1S/C16H13N/c1-2-6-14-11(4-1)8-9-15-13-7-3-5-12(13)10-17-16(14)15/h2-3,6-10H,1,4-5H2. The molecule has 17 heavy (non-hydrogen) atoms. The molecule has 0 amide bonds. The van der Waals surface area contributed by atoms with Crippen LogP contribution in [0, 0.1) is 0 Å². The zero-order valence-corrected chi connectivity index (χ0v) is 9.61. The molecule has 0 unspecified atom stereocenters. The van der Waals surface area contributed by atoms with Crippen LogP contribution in [0.5, 0.6) is 0 Å². The molecule has 0 aliphatic heterocycles. The van der Waals surface area contributed by atoms with Crippen LogP contribution in [0.1, 0.15) is 28.7 Å². The quantitative estimate of drug-likeness (QED) is 0.657. The van der Waals surface area contributed by atoms with E-state index in [0.29, 0.717) is 0 Å². The maximum Gasteiger partial charge on any atom is 0.0783 e. The number of rotatable bonds is 0. The van der Waals surface area contributed by atoms with E-state index in [1.807, 2.05) is 6.20 Å². The van der Waals surface area contributed by atoms with E-state index in [9.17, 15) is 0 Å². The van der Waals surface area contributed by atoms with Gasteiger partial charge >= 0.3 is 0 Å². The van der Waals surface area contributed by atoms with Crippen LogP contribution >= 0.6 is 0 Å². The van der Waals surface area contributed by atoms with Crippen LogP contribution in [0.15, 0.2) is 30.5 Å². The third-order valence-corrected chi connectivity index (χ3v) is 3.78. The van der Waals surface area contributed by atoms with E-state index in [2.05, 4.69) is 41.4 Å². The molecule has 0 spiro atoms. The molecule has 1 nitrogen and oxygen atoms in total. The zero-order valence-electron chi connectivity index (χ0n) is 9.61. The Bertz CT molecular complexity index is 677. The highest BCUT2D eigenvalue weighted by atomic mass is 14.7. The van der Waals surface area contributed by atoms with Gasteiger partial charge in [0, 0.05) is 17.1 Å². The van der Waals surface area contributed by atoms with Gasteiger partial charge in [0.2, 0.25) is 0 Å². The van der Waals surface area contributed by atoms with Crippen molar-refractivity contribution in [2.75, 3.05) is 0 Å². The molecule has 2 aliphatic carbocycles. The molecule has 0 fully saturated rings. The van der Waals surface area contributed by atoms with Gasteiger partial charge in [0.25, 0.3) is 0 Å². The smallest absolute Gasteiger partial charge is 0.0783 e. The fourth-order valence-electron chi connectivity index (χ4n) is 2.90. The predicted octanol–water partition coefficient (Wildman–Crippen LogP) is 3.76. The molecule has 0 N–H and O–H groups in total. The maximum absolute atomic E-state index is 4.67. The minimum atomic E-state index is 1.03. The van der Waals surface area contributed by atoms with Crippen molar-refractivity contribution in [3.63, 3.8) is 0 Å². The average Bonchev–Trinajstić information content (AvgIpc) is 2.86. The summed E-state index contributed by atoms with van der Waals surface area (Å²) in [5, 5.41) is 1.31. The van der Waals surface area contributed by atoms with Gasteiger partial charge in [-0.1, -0.05) is 36.4 Å². The molecule has 0 radical (unpaired) electrons. The van der Waals surface area contributed by atoms with Crippen LogP contribution in [-0.4, -0.2) is 4.98 Å². The van der Waals surface area contributed by atoms with E-state index in [1.54, 1.807) is 0 Å². The summed E-state index contributed by atoms with van der Waals surface area (Å²) in [5.41, 5.74) is 6.67. The van der Waals surface area contributed by atoms with Crippen molar-refractivity contribution in [1.82, 2.24) is 4.98 Å². The number of hydrogen-bond donors (Lipinski definition) is 0. The summed E-state index contributed by atoms with van der Waals surface area (Å²) in [6.07, 6.45) is 14.3. The van der Waals surface area contributed by atoms with Gasteiger partial charge < -0.3 is 0 Å². The van der Waals surface area contributed by atoms with Gasteiger partial charge in [-0.2, -0.15) is 0 Å². The lowest BCUT2D eigenvalue weighted by Crippen LogP contribution is -1.98. The normalized spacial score (nSPS) is 16.2. The molecular weight excluding hydrogens is 206 g/mol. The second-order valence-corrected chi connectivity index (χ2v) is 4.78. The van der Waals surface area contributed by atoms with Crippen LogP contribution < -0.4 is 0 Å². The van der Waals surface area contributed by atoms with Gasteiger partial charge in [-0.15, -0.1) is 0 Å². The second-order valence-electron chi connectivity index (χ2n) is 4.78. The van der Waals surface area contributed by atoms with Gasteiger partial charge in [0.1, 0.15) is 0 Å². The van der Waals surface area contributed by atoms with Crippen molar-refractivity contribution < 1.29 is 0 Å². The Labute approximate surface area is 100 Å². The Morgan fingerprint density at radius 3 is 2.88 bits per heavy atom. The minimum Gasteiger partial charge on any atom is -0.255 e. The van der Waals surface area contributed by atoms with Gasteiger partial charge in [-0.05, 0) is 36.0 Å². The first-order chi connectivity index (χ1) is 8.43. The summed E-state index contributed by atoms with van der Waals surface area (Å²) in [6.45, 7) is 0. The lowest BCUT2D eigenvalue weighted by atomic mass is 9.93. The first kappa shape index (κ1) is 9.17. The fraction of sp³-hybridized carbons (Fsp3) is 0.188. The summed E-state index contributed by atoms with van der Waals surface area (Å²) in [4.78, 5) is 4.67. The number of benzene rings is 1. The predicted molar refractivity (Wildman–Crippen MR) is 71.8 cm³/mol. The van der Waals surface area contributed by atoms with Gasteiger partial charge in [-0.25, -0.2) is 0 Å². The highest BCUT2D eigenvalue weighted by Crippen LogP contribution is 2.32. The molecule has 82 valence electrons. The number of allylic oxidation sites excluding steroid dienone is 2. The van der Waals surface area contributed by atoms with Crippen LogP contribution in [0.25, 0.3) is 23.1 Å².